The van der Waals surface area contributed by atoms with Gasteiger partial charge in [-0.25, -0.2) is 8.91 Å². The van der Waals surface area contributed by atoms with Crippen molar-refractivity contribution in [3.8, 4) is 22.8 Å². The van der Waals surface area contributed by atoms with E-state index in [1.165, 1.54) is 6.07 Å². The molecule has 3 aromatic heterocycles. The minimum absolute atomic E-state index is 0. The standard InChI is InChI=1S/C20H19FN6O2.ClH/c1-11-2-3-13(8-15(11)21)18-25-20(29-26-18)14-10-23-27-16(9-17(28)24-19(14)27)12-4-6-22-7-5-12;/h2-3,8-10,12,22H,4-7H2,1H3,(H,24,28);1H. The van der Waals surface area contributed by atoms with Crippen molar-refractivity contribution in [1.82, 2.24) is 30.1 Å². The number of aromatic nitrogens is 5. The summed E-state index contributed by atoms with van der Waals surface area (Å²) in [6.45, 7) is 3.51. The van der Waals surface area contributed by atoms with Crippen molar-refractivity contribution >= 4 is 18.1 Å². The maximum atomic E-state index is 13.9. The van der Waals surface area contributed by atoms with E-state index in [1.807, 2.05) is 0 Å². The van der Waals surface area contributed by atoms with Crippen LogP contribution in [-0.2, 0) is 0 Å². The van der Waals surface area contributed by atoms with E-state index in [-0.39, 0.29) is 41.4 Å². The van der Waals surface area contributed by atoms with Crippen LogP contribution >= 0.6 is 12.4 Å². The number of aryl methyl sites for hydroxylation is 1. The molecule has 1 aromatic carbocycles. The first-order valence-corrected chi connectivity index (χ1v) is 9.52. The second-order valence-corrected chi connectivity index (χ2v) is 7.29. The topological polar surface area (TPSA) is 101 Å². The predicted octanol–water partition coefficient (Wildman–Crippen LogP) is 3.08. The molecule has 0 saturated carbocycles. The maximum Gasteiger partial charge on any atom is 0.263 e. The summed E-state index contributed by atoms with van der Waals surface area (Å²) in [5, 5.41) is 11.8. The summed E-state index contributed by atoms with van der Waals surface area (Å²) in [4.78, 5) is 19.5. The monoisotopic (exact) mass is 430 g/mol. The molecule has 2 N–H and O–H groups in total. The van der Waals surface area contributed by atoms with Gasteiger partial charge in [-0.3, -0.25) is 4.79 Å². The first kappa shape index (κ1) is 20.2. The van der Waals surface area contributed by atoms with Gasteiger partial charge in [-0.2, -0.15) is 10.1 Å². The van der Waals surface area contributed by atoms with Gasteiger partial charge in [-0.1, -0.05) is 17.3 Å². The summed E-state index contributed by atoms with van der Waals surface area (Å²) in [7, 11) is 0. The number of benzene rings is 1. The molecule has 1 fully saturated rings. The fourth-order valence-electron chi connectivity index (χ4n) is 3.76. The Bertz CT molecular complexity index is 1260. The number of nitrogens with zero attached hydrogens (tertiary/aromatic N) is 4. The van der Waals surface area contributed by atoms with E-state index >= 15 is 0 Å². The van der Waals surface area contributed by atoms with Gasteiger partial charge in [-0.05, 0) is 44.5 Å². The molecule has 156 valence electrons. The highest BCUT2D eigenvalue weighted by atomic mass is 35.5. The third kappa shape index (κ3) is 3.50. The van der Waals surface area contributed by atoms with Gasteiger partial charge in [-0.15, -0.1) is 12.4 Å². The molecular weight excluding hydrogens is 411 g/mol. The number of hydrogen-bond acceptors (Lipinski definition) is 6. The lowest BCUT2D eigenvalue weighted by Gasteiger charge is -2.23. The number of fused-ring (bicyclic) bond motifs is 1. The highest BCUT2D eigenvalue weighted by Crippen LogP contribution is 2.29. The Morgan fingerprint density at radius 2 is 2.03 bits per heavy atom. The molecule has 1 aliphatic rings. The van der Waals surface area contributed by atoms with Crippen molar-refractivity contribution in [1.29, 1.82) is 0 Å². The summed E-state index contributed by atoms with van der Waals surface area (Å²) >= 11 is 0. The molecule has 0 amide bonds. The largest absolute Gasteiger partial charge is 0.333 e. The highest BCUT2D eigenvalue weighted by Gasteiger charge is 2.22. The van der Waals surface area contributed by atoms with Crippen LogP contribution in [0.25, 0.3) is 28.5 Å². The summed E-state index contributed by atoms with van der Waals surface area (Å²) in [5.41, 5.74) is 2.78. The zero-order valence-electron chi connectivity index (χ0n) is 16.2. The summed E-state index contributed by atoms with van der Waals surface area (Å²) in [6, 6.07) is 6.38. The lowest BCUT2D eigenvalue weighted by atomic mass is 9.94. The van der Waals surface area contributed by atoms with Gasteiger partial charge in [0, 0.05) is 17.5 Å². The third-order valence-corrected chi connectivity index (χ3v) is 5.38. The molecule has 0 radical (unpaired) electrons. The van der Waals surface area contributed by atoms with Gasteiger partial charge in [0.25, 0.3) is 11.4 Å². The van der Waals surface area contributed by atoms with Crippen molar-refractivity contribution in [3.05, 3.63) is 57.9 Å². The Morgan fingerprint density at radius 1 is 1.23 bits per heavy atom. The van der Waals surface area contributed by atoms with Gasteiger partial charge in [0.2, 0.25) is 5.82 Å². The second-order valence-electron chi connectivity index (χ2n) is 7.29. The number of H-pyrrole nitrogens is 1. The van der Waals surface area contributed by atoms with Crippen LogP contribution in [-0.4, -0.2) is 37.8 Å². The van der Waals surface area contributed by atoms with E-state index in [0.29, 0.717) is 22.3 Å². The molecule has 4 heterocycles. The van der Waals surface area contributed by atoms with E-state index in [9.17, 15) is 9.18 Å². The Kier molecular flexibility index (Phi) is 5.40. The van der Waals surface area contributed by atoms with Crippen molar-refractivity contribution in [2.24, 2.45) is 0 Å². The molecule has 10 heteroatoms. The number of aromatic amines is 1. The van der Waals surface area contributed by atoms with Gasteiger partial charge in [0.1, 0.15) is 17.0 Å². The van der Waals surface area contributed by atoms with E-state index in [4.69, 9.17) is 4.52 Å². The number of halogens is 2. The van der Waals surface area contributed by atoms with Crippen molar-refractivity contribution < 1.29 is 8.91 Å². The normalized spacial score (nSPS) is 14.7. The average molecular weight is 431 g/mol. The van der Waals surface area contributed by atoms with Crippen LogP contribution in [0.3, 0.4) is 0 Å². The number of piperidine rings is 1. The van der Waals surface area contributed by atoms with Crippen LogP contribution in [0.2, 0.25) is 0 Å². The number of rotatable bonds is 3. The first-order valence-electron chi connectivity index (χ1n) is 9.52. The molecule has 30 heavy (non-hydrogen) atoms. The van der Waals surface area contributed by atoms with Crippen LogP contribution in [0, 0.1) is 12.7 Å². The van der Waals surface area contributed by atoms with Crippen molar-refractivity contribution in [2.75, 3.05) is 13.1 Å². The molecule has 8 nitrogen and oxygen atoms in total. The fraction of sp³-hybridized carbons (Fsp3) is 0.300. The molecule has 0 unspecified atom stereocenters. The molecule has 5 rings (SSSR count). The van der Waals surface area contributed by atoms with Gasteiger partial charge >= 0.3 is 0 Å². The van der Waals surface area contributed by atoms with Crippen molar-refractivity contribution in [3.63, 3.8) is 0 Å². The molecule has 1 aliphatic heterocycles. The Balaban J connectivity index is 0.00000218. The number of hydrogen-bond donors (Lipinski definition) is 2. The zero-order valence-corrected chi connectivity index (χ0v) is 17.0. The smallest absolute Gasteiger partial charge is 0.263 e. The Hall–Kier alpha value is -3.04. The van der Waals surface area contributed by atoms with Gasteiger partial charge in [0.15, 0.2) is 0 Å². The second kappa shape index (κ2) is 8.00. The minimum atomic E-state index is -0.333. The van der Waals surface area contributed by atoms with Crippen LogP contribution in [0.4, 0.5) is 4.39 Å². The molecule has 0 aliphatic carbocycles. The van der Waals surface area contributed by atoms with E-state index < -0.39 is 0 Å². The zero-order chi connectivity index (χ0) is 20.0. The summed E-state index contributed by atoms with van der Waals surface area (Å²) in [6.07, 6.45) is 3.48. The van der Waals surface area contributed by atoms with Crippen LogP contribution in [0.15, 0.2) is 39.8 Å². The van der Waals surface area contributed by atoms with Gasteiger partial charge in [0.05, 0.1) is 11.9 Å². The fourth-order valence-corrected chi connectivity index (χ4v) is 3.76. The van der Waals surface area contributed by atoms with E-state index in [1.54, 1.807) is 35.8 Å². The van der Waals surface area contributed by atoms with E-state index in [0.717, 1.165) is 31.6 Å². The quantitative estimate of drug-likeness (QED) is 0.518. The van der Waals surface area contributed by atoms with Gasteiger partial charge < -0.3 is 14.8 Å². The number of nitrogens with one attached hydrogen (secondary N) is 2. The third-order valence-electron chi connectivity index (χ3n) is 5.38. The van der Waals surface area contributed by atoms with Crippen LogP contribution in [0.5, 0.6) is 0 Å². The van der Waals surface area contributed by atoms with Crippen molar-refractivity contribution in [2.45, 2.75) is 25.7 Å². The average Bonchev–Trinajstić information content (AvgIpc) is 3.37. The molecule has 0 atom stereocenters. The molecule has 0 bridgehead atoms. The van der Waals surface area contributed by atoms with E-state index in [2.05, 4.69) is 25.5 Å². The molecular formula is C20H20ClFN6O2. The predicted molar refractivity (Wildman–Crippen MR) is 111 cm³/mol. The molecule has 0 spiro atoms. The molecule has 1 saturated heterocycles. The minimum Gasteiger partial charge on any atom is -0.333 e. The summed E-state index contributed by atoms with van der Waals surface area (Å²) in [5.74, 6) is 0.410. The Morgan fingerprint density at radius 3 is 2.80 bits per heavy atom. The SMILES string of the molecule is Cc1ccc(-c2noc(-c3cnn4c(C5CCNCC5)cc(=O)[nH]c34)n2)cc1F.Cl. The molecule has 4 aromatic rings. The summed E-state index contributed by atoms with van der Waals surface area (Å²) < 4.78 is 21.0. The lowest BCUT2D eigenvalue weighted by molar-refractivity contribution is 0.432. The Labute approximate surface area is 176 Å². The first-order chi connectivity index (χ1) is 14.1. The highest BCUT2D eigenvalue weighted by molar-refractivity contribution is 5.85. The van der Waals surface area contributed by atoms with Crippen LogP contribution < -0.4 is 10.9 Å². The van der Waals surface area contributed by atoms with Crippen LogP contribution in [0.1, 0.15) is 30.0 Å². The lowest BCUT2D eigenvalue weighted by Crippen LogP contribution is -2.28. The maximum absolute atomic E-state index is 13.9.